The third kappa shape index (κ3) is 2.21. The van der Waals surface area contributed by atoms with Crippen LogP contribution < -0.4 is 15.1 Å². The van der Waals surface area contributed by atoms with E-state index in [-0.39, 0.29) is 22.8 Å². The average molecular weight is 391 g/mol. The Hall–Kier alpha value is -3.87. The molecule has 0 saturated heterocycles. The first-order valence-corrected chi connectivity index (χ1v) is 8.90. The maximum atomic E-state index is 12.8. The maximum Gasteiger partial charge on any atom is 0.346 e. The van der Waals surface area contributed by atoms with E-state index in [4.69, 9.17) is 13.9 Å². The van der Waals surface area contributed by atoms with E-state index >= 15 is 0 Å². The van der Waals surface area contributed by atoms with E-state index in [1.54, 1.807) is 18.2 Å². The van der Waals surface area contributed by atoms with Gasteiger partial charge in [-0.3, -0.25) is 0 Å². The van der Waals surface area contributed by atoms with Crippen molar-refractivity contribution in [3.8, 4) is 23.0 Å². The summed E-state index contributed by atoms with van der Waals surface area (Å²) in [6, 6.07) is 10.1. The molecule has 3 aromatic carbocycles. The number of methoxy groups -OCH3 is 2. The second-order valence-electron chi connectivity index (χ2n) is 6.90. The molecule has 0 aliphatic rings. The monoisotopic (exact) mass is 391 g/mol. The number of fused-ring (bicyclic) bond motifs is 7. The first-order chi connectivity index (χ1) is 13.9. The van der Waals surface area contributed by atoms with Gasteiger partial charge in [0.1, 0.15) is 5.58 Å². The van der Waals surface area contributed by atoms with E-state index in [0.29, 0.717) is 22.0 Å². The lowest BCUT2D eigenvalue weighted by atomic mass is 10.0. The molecule has 0 bridgehead atoms. The normalized spacial score (nSPS) is 11.7. The van der Waals surface area contributed by atoms with Gasteiger partial charge in [0.15, 0.2) is 23.0 Å². The highest BCUT2D eigenvalue weighted by molar-refractivity contribution is 6.22. The molecule has 2 N–H and O–H groups in total. The van der Waals surface area contributed by atoms with Gasteiger partial charge < -0.3 is 28.7 Å². The van der Waals surface area contributed by atoms with Gasteiger partial charge in [-0.25, -0.2) is 4.79 Å². The molecule has 0 amide bonds. The van der Waals surface area contributed by atoms with Gasteiger partial charge in [-0.05, 0) is 23.6 Å². The summed E-state index contributed by atoms with van der Waals surface area (Å²) in [5.74, 6) is 0.573. The number of phenolic OH excluding ortho intramolecular Hbond substituents is 2. The molecular weight excluding hydrogens is 374 g/mol. The summed E-state index contributed by atoms with van der Waals surface area (Å²) in [7, 11) is 4.82. The quantitative estimate of drug-likeness (QED) is 0.442. The van der Waals surface area contributed by atoms with Crippen LogP contribution in [0.2, 0.25) is 0 Å². The van der Waals surface area contributed by atoms with Crippen molar-refractivity contribution in [2.75, 3.05) is 14.2 Å². The number of nitrogens with zero attached hydrogens (tertiary/aromatic N) is 1. The maximum absolute atomic E-state index is 12.8. The van der Waals surface area contributed by atoms with Gasteiger partial charge in [0.2, 0.25) is 0 Å². The minimum atomic E-state index is -0.493. The molecule has 0 unspecified atom stereocenters. The second-order valence-corrected chi connectivity index (χ2v) is 6.90. The Kier molecular flexibility index (Phi) is 3.46. The fraction of sp³-hybridized carbons (Fsp3) is 0.136. The SMILES string of the molecule is COc1cc2c(ccc3c4c(=O)oc5cc(O)c(OC)cc5c4n(C)c23)cc1O. The van der Waals surface area contributed by atoms with Crippen LogP contribution in [0.15, 0.2) is 45.6 Å². The van der Waals surface area contributed by atoms with E-state index < -0.39 is 5.63 Å². The van der Waals surface area contributed by atoms with E-state index in [9.17, 15) is 15.0 Å². The van der Waals surface area contributed by atoms with Crippen molar-refractivity contribution in [2.24, 2.45) is 7.05 Å². The zero-order valence-corrected chi connectivity index (χ0v) is 15.9. The van der Waals surface area contributed by atoms with Gasteiger partial charge in [-0.2, -0.15) is 0 Å². The van der Waals surface area contributed by atoms with E-state index in [0.717, 1.165) is 21.7 Å². The van der Waals surface area contributed by atoms with Crippen LogP contribution in [0.5, 0.6) is 23.0 Å². The number of hydrogen-bond acceptors (Lipinski definition) is 6. The van der Waals surface area contributed by atoms with Crippen molar-refractivity contribution in [2.45, 2.75) is 0 Å². The molecule has 0 aliphatic heterocycles. The number of aromatic hydroxyl groups is 2. The van der Waals surface area contributed by atoms with Gasteiger partial charge in [-0.1, -0.05) is 12.1 Å². The van der Waals surface area contributed by atoms with Crippen molar-refractivity contribution in [1.29, 1.82) is 0 Å². The summed E-state index contributed by atoms with van der Waals surface area (Å²) in [4.78, 5) is 12.8. The van der Waals surface area contributed by atoms with Crippen molar-refractivity contribution >= 4 is 43.5 Å². The number of benzene rings is 3. The molecule has 7 heteroatoms. The molecule has 0 atom stereocenters. The zero-order valence-electron chi connectivity index (χ0n) is 15.9. The Morgan fingerprint density at radius 1 is 0.862 bits per heavy atom. The average Bonchev–Trinajstić information content (AvgIpc) is 3.01. The number of hydrogen-bond donors (Lipinski definition) is 2. The topological polar surface area (TPSA) is 94.1 Å². The Bertz CT molecular complexity index is 1530. The molecule has 0 spiro atoms. The highest BCUT2D eigenvalue weighted by Crippen LogP contribution is 2.40. The molecule has 2 aromatic heterocycles. The standard InChI is InChI=1S/C22H17NO6/c1-23-20-11(5-4-10-6-14(24)17(27-2)7-12(10)20)19-21(23)13-8-18(28-3)15(25)9-16(13)29-22(19)26/h4-9,24-25H,1-3H3. The molecular formula is C22H17NO6. The number of phenols is 2. The van der Waals surface area contributed by atoms with Gasteiger partial charge >= 0.3 is 5.63 Å². The predicted octanol–water partition coefficient (Wildman–Crippen LogP) is 4.02. The largest absolute Gasteiger partial charge is 0.504 e. The minimum absolute atomic E-state index is 0.0447. The zero-order chi connectivity index (χ0) is 20.4. The lowest BCUT2D eigenvalue weighted by molar-refractivity contribution is 0.373. The third-order valence-electron chi connectivity index (χ3n) is 5.41. The van der Waals surface area contributed by atoms with Crippen LogP contribution in [0.25, 0.3) is 43.5 Å². The summed E-state index contributed by atoms with van der Waals surface area (Å²) in [6.45, 7) is 0. The van der Waals surface area contributed by atoms with Crippen molar-refractivity contribution in [3.05, 3.63) is 46.8 Å². The smallest absolute Gasteiger partial charge is 0.346 e. The third-order valence-corrected chi connectivity index (χ3v) is 5.41. The molecule has 146 valence electrons. The minimum Gasteiger partial charge on any atom is -0.504 e. The van der Waals surface area contributed by atoms with E-state index in [1.165, 1.54) is 20.3 Å². The molecule has 2 heterocycles. The lowest BCUT2D eigenvalue weighted by Crippen LogP contribution is -2.00. The highest BCUT2D eigenvalue weighted by Gasteiger charge is 2.20. The van der Waals surface area contributed by atoms with Crippen LogP contribution in [-0.4, -0.2) is 29.0 Å². The molecule has 5 aromatic rings. The number of rotatable bonds is 2. The van der Waals surface area contributed by atoms with Crippen molar-refractivity contribution < 1.29 is 24.1 Å². The second kappa shape index (κ2) is 5.81. The van der Waals surface area contributed by atoms with E-state index in [1.807, 2.05) is 23.7 Å². The van der Waals surface area contributed by atoms with Crippen LogP contribution in [0, 0.1) is 0 Å². The van der Waals surface area contributed by atoms with Crippen LogP contribution in [0.4, 0.5) is 0 Å². The summed E-state index contributed by atoms with van der Waals surface area (Å²) in [5.41, 5.74) is 1.26. The summed E-state index contributed by atoms with van der Waals surface area (Å²) in [6.07, 6.45) is 0. The van der Waals surface area contributed by atoms with Crippen LogP contribution in [-0.2, 0) is 7.05 Å². The first kappa shape index (κ1) is 17.2. The molecule has 0 radical (unpaired) electrons. The van der Waals surface area contributed by atoms with Gasteiger partial charge in [0.05, 0.1) is 30.6 Å². The van der Waals surface area contributed by atoms with E-state index in [2.05, 4.69) is 0 Å². The van der Waals surface area contributed by atoms with Crippen LogP contribution in [0.3, 0.4) is 0 Å². The predicted molar refractivity (Wildman–Crippen MR) is 110 cm³/mol. The fourth-order valence-corrected chi connectivity index (χ4v) is 4.11. The number of aryl methyl sites for hydroxylation is 1. The molecule has 5 rings (SSSR count). The van der Waals surface area contributed by atoms with Crippen molar-refractivity contribution in [1.82, 2.24) is 4.57 Å². The Morgan fingerprint density at radius 2 is 1.52 bits per heavy atom. The first-order valence-electron chi connectivity index (χ1n) is 8.90. The summed E-state index contributed by atoms with van der Waals surface area (Å²) in [5, 5.41) is 23.7. The number of ether oxygens (including phenoxy) is 2. The van der Waals surface area contributed by atoms with Gasteiger partial charge in [0.25, 0.3) is 0 Å². The summed E-state index contributed by atoms with van der Waals surface area (Å²) >= 11 is 0. The number of aromatic nitrogens is 1. The fourth-order valence-electron chi connectivity index (χ4n) is 4.11. The molecule has 0 aliphatic carbocycles. The van der Waals surface area contributed by atoms with Crippen LogP contribution >= 0.6 is 0 Å². The Balaban J connectivity index is 2.06. The molecule has 7 nitrogen and oxygen atoms in total. The van der Waals surface area contributed by atoms with Crippen LogP contribution in [0.1, 0.15) is 0 Å². The molecule has 0 fully saturated rings. The molecule has 29 heavy (non-hydrogen) atoms. The Labute approximate surface area is 163 Å². The lowest BCUT2D eigenvalue weighted by Gasteiger charge is -2.09. The van der Waals surface area contributed by atoms with Gasteiger partial charge in [0, 0.05) is 29.3 Å². The summed E-state index contributed by atoms with van der Waals surface area (Å²) < 4.78 is 17.9. The van der Waals surface area contributed by atoms with Crippen molar-refractivity contribution in [3.63, 3.8) is 0 Å². The van der Waals surface area contributed by atoms with Gasteiger partial charge in [-0.15, -0.1) is 0 Å². The molecule has 0 saturated carbocycles. The Morgan fingerprint density at radius 3 is 2.21 bits per heavy atom. The highest BCUT2D eigenvalue weighted by atomic mass is 16.5.